The number of rotatable bonds is 4. The second-order valence-electron chi connectivity index (χ2n) is 3.48. The van der Waals surface area contributed by atoms with Gasteiger partial charge in [0.05, 0.1) is 6.10 Å². The number of hydrogen-bond donors (Lipinski definition) is 1. The molecule has 0 spiro atoms. The first-order valence-corrected chi connectivity index (χ1v) is 4.61. The number of hydrogen-bond acceptors (Lipinski definition) is 3. The van der Waals surface area contributed by atoms with Crippen LogP contribution in [0.5, 0.6) is 0 Å². The molecular weight excluding hydrogens is 182 g/mol. The predicted molar refractivity (Wildman–Crippen MR) is 53.6 cm³/mol. The average molecular weight is 199 g/mol. The predicted octanol–water partition coefficient (Wildman–Crippen LogP) is 1.02. The maximum atomic E-state index is 11.0. The lowest BCUT2D eigenvalue weighted by Gasteiger charge is -2.05. The molecule has 0 aliphatic heterocycles. The van der Waals surface area contributed by atoms with Crippen LogP contribution in [-0.4, -0.2) is 24.0 Å². The van der Waals surface area contributed by atoms with Crippen molar-refractivity contribution in [2.24, 2.45) is 0 Å². The Kier molecular flexibility index (Phi) is 5.60. The molecule has 1 amide bonds. The molecule has 1 N–H and O–H groups in total. The smallest absolute Gasteiger partial charge is 0.331 e. The van der Waals surface area contributed by atoms with Gasteiger partial charge in [0.15, 0.2) is 0 Å². The van der Waals surface area contributed by atoms with Crippen LogP contribution in [0.4, 0.5) is 0 Å². The topological polar surface area (TPSA) is 55.4 Å². The Morgan fingerprint density at radius 2 is 1.71 bits per heavy atom. The average Bonchev–Trinajstić information content (AvgIpc) is 1.98. The number of ether oxygens (including phenoxy) is 1. The monoisotopic (exact) mass is 199 g/mol. The van der Waals surface area contributed by atoms with Gasteiger partial charge in [0.1, 0.15) is 0 Å². The van der Waals surface area contributed by atoms with Crippen molar-refractivity contribution in [1.82, 2.24) is 5.32 Å². The number of esters is 1. The molecule has 0 saturated carbocycles. The van der Waals surface area contributed by atoms with Crippen molar-refractivity contribution < 1.29 is 14.3 Å². The highest BCUT2D eigenvalue weighted by molar-refractivity contribution is 5.94. The lowest BCUT2D eigenvalue weighted by atomic mass is 10.3. The van der Waals surface area contributed by atoms with E-state index in [9.17, 15) is 9.59 Å². The summed E-state index contributed by atoms with van der Waals surface area (Å²) in [5.74, 6) is -0.792. The molecule has 4 heteroatoms. The zero-order valence-corrected chi connectivity index (χ0v) is 9.03. The summed E-state index contributed by atoms with van der Waals surface area (Å²) in [5, 5.41) is 2.62. The van der Waals surface area contributed by atoms with Crippen LogP contribution in [0.25, 0.3) is 0 Å². The van der Waals surface area contributed by atoms with Crippen LogP contribution in [0, 0.1) is 0 Å². The molecule has 0 aliphatic rings. The van der Waals surface area contributed by atoms with Crippen LogP contribution < -0.4 is 5.32 Å². The van der Waals surface area contributed by atoms with Gasteiger partial charge in [0.2, 0.25) is 5.91 Å². The van der Waals surface area contributed by atoms with Crippen LogP contribution in [0.2, 0.25) is 0 Å². The van der Waals surface area contributed by atoms with Gasteiger partial charge in [0, 0.05) is 18.2 Å². The Labute approximate surface area is 84.3 Å². The minimum Gasteiger partial charge on any atom is -0.460 e. The molecule has 80 valence electrons. The standard InChI is InChI=1S/C10H17NO3/c1-7(2)11-9(12)5-6-10(13)14-8(3)4/h5-8H,1-4H3,(H,11,12)/b6-5-. The van der Waals surface area contributed by atoms with Crippen molar-refractivity contribution in [3.63, 3.8) is 0 Å². The fourth-order valence-electron chi connectivity index (χ4n) is 0.748. The molecule has 0 aromatic rings. The summed E-state index contributed by atoms with van der Waals surface area (Å²) in [6.45, 7) is 7.19. The Bertz CT molecular complexity index is 208. The summed E-state index contributed by atoms with van der Waals surface area (Å²) in [7, 11) is 0. The highest BCUT2D eigenvalue weighted by Crippen LogP contribution is 1.90. The zero-order valence-electron chi connectivity index (χ0n) is 9.03. The fraction of sp³-hybridized carbons (Fsp3) is 0.600. The van der Waals surface area contributed by atoms with E-state index < -0.39 is 5.97 Å². The van der Waals surface area contributed by atoms with E-state index in [-0.39, 0.29) is 18.1 Å². The van der Waals surface area contributed by atoms with Gasteiger partial charge in [-0.05, 0) is 27.7 Å². The second-order valence-corrected chi connectivity index (χ2v) is 3.48. The largest absolute Gasteiger partial charge is 0.460 e. The number of carbonyl (C=O) groups is 2. The minimum atomic E-state index is -0.501. The number of amides is 1. The number of carbonyl (C=O) groups excluding carboxylic acids is 2. The third-order valence-electron chi connectivity index (χ3n) is 1.15. The van der Waals surface area contributed by atoms with Crippen LogP contribution in [-0.2, 0) is 14.3 Å². The lowest BCUT2D eigenvalue weighted by Crippen LogP contribution is -2.28. The second kappa shape index (κ2) is 6.18. The SMILES string of the molecule is CC(C)NC(=O)/C=C\C(=O)OC(C)C. The summed E-state index contributed by atoms with van der Waals surface area (Å²) < 4.78 is 4.80. The van der Waals surface area contributed by atoms with Crippen LogP contribution in [0.15, 0.2) is 12.2 Å². The first-order chi connectivity index (χ1) is 6.41. The molecule has 0 saturated heterocycles. The third-order valence-corrected chi connectivity index (χ3v) is 1.15. The zero-order chi connectivity index (χ0) is 11.1. The Morgan fingerprint density at radius 1 is 1.14 bits per heavy atom. The van der Waals surface area contributed by atoms with Crippen molar-refractivity contribution in [1.29, 1.82) is 0 Å². The normalized spacial score (nSPS) is 11.0. The molecule has 0 atom stereocenters. The molecule has 0 unspecified atom stereocenters. The Morgan fingerprint density at radius 3 is 2.14 bits per heavy atom. The fourth-order valence-corrected chi connectivity index (χ4v) is 0.748. The molecule has 0 rings (SSSR count). The molecule has 0 radical (unpaired) electrons. The van der Waals surface area contributed by atoms with Gasteiger partial charge < -0.3 is 10.1 Å². The highest BCUT2D eigenvalue weighted by Gasteiger charge is 2.02. The van der Waals surface area contributed by atoms with Crippen LogP contribution in [0.3, 0.4) is 0 Å². The lowest BCUT2D eigenvalue weighted by molar-refractivity contribution is -0.141. The summed E-state index contributed by atoms with van der Waals surface area (Å²) in [4.78, 5) is 22.0. The molecule has 0 aromatic heterocycles. The molecule has 4 nitrogen and oxygen atoms in total. The maximum Gasteiger partial charge on any atom is 0.331 e. The van der Waals surface area contributed by atoms with Gasteiger partial charge >= 0.3 is 5.97 Å². The van der Waals surface area contributed by atoms with Gasteiger partial charge in [-0.3, -0.25) is 4.79 Å². The van der Waals surface area contributed by atoms with Crippen LogP contribution >= 0.6 is 0 Å². The van der Waals surface area contributed by atoms with Gasteiger partial charge in [-0.2, -0.15) is 0 Å². The van der Waals surface area contributed by atoms with E-state index in [1.807, 2.05) is 13.8 Å². The van der Waals surface area contributed by atoms with E-state index in [4.69, 9.17) is 4.74 Å². The number of nitrogens with one attached hydrogen (secondary N) is 1. The molecule has 0 fully saturated rings. The Balaban J connectivity index is 3.92. The van der Waals surface area contributed by atoms with E-state index in [1.54, 1.807) is 13.8 Å². The van der Waals surface area contributed by atoms with Gasteiger partial charge in [-0.1, -0.05) is 0 Å². The quantitative estimate of drug-likeness (QED) is 0.543. The molecule has 0 aromatic carbocycles. The van der Waals surface area contributed by atoms with E-state index in [0.717, 1.165) is 6.08 Å². The van der Waals surface area contributed by atoms with E-state index >= 15 is 0 Å². The highest BCUT2D eigenvalue weighted by atomic mass is 16.5. The van der Waals surface area contributed by atoms with E-state index in [2.05, 4.69) is 5.32 Å². The van der Waals surface area contributed by atoms with E-state index in [0.29, 0.717) is 0 Å². The summed E-state index contributed by atoms with van der Waals surface area (Å²) in [6, 6.07) is 0.0632. The summed E-state index contributed by atoms with van der Waals surface area (Å²) in [6.07, 6.45) is 2.13. The molecule has 0 heterocycles. The molecule has 0 aliphatic carbocycles. The van der Waals surface area contributed by atoms with Crippen molar-refractivity contribution >= 4 is 11.9 Å². The first-order valence-electron chi connectivity index (χ1n) is 4.61. The summed E-state index contributed by atoms with van der Waals surface area (Å²) in [5.41, 5.74) is 0. The Hall–Kier alpha value is -1.32. The van der Waals surface area contributed by atoms with Crippen LogP contribution in [0.1, 0.15) is 27.7 Å². The van der Waals surface area contributed by atoms with Crippen molar-refractivity contribution in [3.8, 4) is 0 Å². The summed E-state index contributed by atoms with van der Waals surface area (Å²) >= 11 is 0. The van der Waals surface area contributed by atoms with Crippen molar-refractivity contribution in [2.75, 3.05) is 0 Å². The van der Waals surface area contributed by atoms with Gasteiger partial charge in [0.25, 0.3) is 0 Å². The molecular formula is C10H17NO3. The molecule has 0 bridgehead atoms. The first kappa shape index (κ1) is 12.7. The van der Waals surface area contributed by atoms with Crippen molar-refractivity contribution in [3.05, 3.63) is 12.2 Å². The maximum absolute atomic E-state index is 11.0. The molecule has 14 heavy (non-hydrogen) atoms. The van der Waals surface area contributed by atoms with Gasteiger partial charge in [-0.25, -0.2) is 4.79 Å². The van der Waals surface area contributed by atoms with E-state index in [1.165, 1.54) is 6.08 Å². The minimum absolute atomic E-state index is 0.0632. The van der Waals surface area contributed by atoms with Gasteiger partial charge in [-0.15, -0.1) is 0 Å². The third kappa shape index (κ3) is 7.34. The van der Waals surface area contributed by atoms with Crippen molar-refractivity contribution in [2.45, 2.75) is 39.8 Å².